The van der Waals surface area contributed by atoms with E-state index in [0.717, 1.165) is 5.56 Å². The monoisotopic (exact) mass is 348 g/mol. The van der Waals surface area contributed by atoms with Crippen LogP contribution in [0.4, 0.5) is 0 Å². The lowest BCUT2D eigenvalue weighted by molar-refractivity contribution is -0.138. The third-order valence-electron chi connectivity index (χ3n) is 3.44. The van der Waals surface area contributed by atoms with Gasteiger partial charge in [0.2, 0.25) is 5.91 Å². The molecular formula is C15H22Cl2N2O3. The molecule has 124 valence electrons. The molecule has 0 aliphatic heterocycles. The molecule has 1 atom stereocenters. The number of amides is 1. The van der Waals surface area contributed by atoms with E-state index in [1.807, 2.05) is 19.1 Å². The van der Waals surface area contributed by atoms with E-state index in [1.165, 1.54) is 0 Å². The maximum atomic E-state index is 12.2. The van der Waals surface area contributed by atoms with E-state index in [2.05, 4.69) is 0 Å². The van der Waals surface area contributed by atoms with Gasteiger partial charge in [-0.05, 0) is 31.7 Å². The highest BCUT2D eigenvalue weighted by Gasteiger charge is 2.18. The van der Waals surface area contributed by atoms with Gasteiger partial charge in [0.25, 0.3) is 0 Å². The zero-order valence-corrected chi connectivity index (χ0v) is 14.5. The Labute approximate surface area is 142 Å². The predicted molar refractivity (Wildman–Crippen MR) is 89.6 cm³/mol. The number of hydrogen-bond acceptors (Lipinski definition) is 3. The van der Waals surface area contributed by atoms with E-state index in [9.17, 15) is 9.59 Å². The Morgan fingerprint density at radius 3 is 2.27 bits per heavy atom. The number of aliphatic carboxylic acids is 1. The van der Waals surface area contributed by atoms with E-state index in [4.69, 9.17) is 16.7 Å². The van der Waals surface area contributed by atoms with Crippen LogP contribution in [0.15, 0.2) is 24.3 Å². The second-order valence-corrected chi connectivity index (χ2v) is 5.55. The molecule has 1 amide bonds. The third kappa shape index (κ3) is 6.64. The van der Waals surface area contributed by atoms with E-state index < -0.39 is 5.97 Å². The Kier molecular flexibility index (Phi) is 9.09. The Morgan fingerprint density at radius 1 is 1.23 bits per heavy atom. The number of halogens is 2. The summed E-state index contributed by atoms with van der Waals surface area (Å²) in [6.07, 6.45) is 0.0280. The number of carboxylic acids is 1. The van der Waals surface area contributed by atoms with E-state index in [0.29, 0.717) is 11.6 Å². The van der Waals surface area contributed by atoms with Gasteiger partial charge in [0.05, 0.1) is 19.0 Å². The molecule has 1 unspecified atom stereocenters. The van der Waals surface area contributed by atoms with Gasteiger partial charge in [-0.2, -0.15) is 0 Å². The van der Waals surface area contributed by atoms with Crippen LogP contribution in [-0.2, 0) is 9.59 Å². The normalized spacial score (nSPS) is 11.7. The lowest BCUT2D eigenvalue weighted by atomic mass is 10.1. The van der Waals surface area contributed by atoms with Crippen LogP contribution < -0.4 is 0 Å². The minimum Gasteiger partial charge on any atom is -0.481 e. The highest BCUT2D eigenvalue weighted by Crippen LogP contribution is 2.20. The number of hydrogen-bond donors (Lipinski definition) is 1. The minimum atomic E-state index is -0.864. The van der Waals surface area contributed by atoms with Crippen molar-refractivity contribution < 1.29 is 14.7 Å². The van der Waals surface area contributed by atoms with Crippen LogP contribution in [0, 0.1) is 0 Å². The summed E-state index contributed by atoms with van der Waals surface area (Å²) < 4.78 is 0. The number of likely N-dealkylation sites (N-methyl/N-ethyl adjacent to an activating group) is 2. The average Bonchev–Trinajstić information content (AvgIpc) is 2.44. The number of nitrogens with zero attached hydrogens (tertiary/aromatic N) is 2. The zero-order valence-electron chi connectivity index (χ0n) is 13.0. The first-order valence-electron chi connectivity index (χ1n) is 6.72. The number of benzene rings is 1. The van der Waals surface area contributed by atoms with Crippen molar-refractivity contribution in [3.8, 4) is 0 Å². The molecule has 0 radical (unpaired) electrons. The zero-order chi connectivity index (χ0) is 16.0. The minimum absolute atomic E-state index is 0. The summed E-state index contributed by atoms with van der Waals surface area (Å²) in [4.78, 5) is 26.1. The van der Waals surface area contributed by atoms with Crippen LogP contribution in [-0.4, -0.2) is 54.0 Å². The summed E-state index contributed by atoms with van der Waals surface area (Å²) in [5.74, 6) is -0.914. The second-order valence-electron chi connectivity index (χ2n) is 5.11. The van der Waals surface area contributed by atoms with Crippen molar-refractivity contribution in [1.82, 2.24) is 9.80 Å². The number of carboxylic acid groups (broad SMARTS) is 1. The molecule has 1 aromatic rings. The SMILES string of the molecule is CC(c1ccc(Cl)cc1)N(C)C(=O)CN(C)CCC(=O)O.Cl. The quantitative estimate of drug-likeness (QED) is 0.822. The molecule has 7 heteroatoms. The molecule has 1 N–H and O–H groups in total. The van der Waals surface area contributed by atoms with Crippen LogP contribution in [0.2, 0.25) is 5.02 Å². The lowest BCUT2D eigenvalue weighted by Crippen LogP contribution is -2.38. The molecule has 0 aliphatic carbocycles. The first-order chi connectivity index (χ1) is 9.81. The summed E-state index contributed by atoms with van der Waals surface area (Å²) in [5, 5.41) is 9.29. The molecule has 5 nitrogen and oxygen atoms in total. The van der Waals surface area contributed by atoms with Gasteiger partial charge in [-0.3, -0.25) is 14.5 Å². The van der Waals surface area contributed by atoms with Crippen LogP contribution in [0.1, 0.15) is 24.9 Å². The van der Waals surface area contributed by atoms with Gasteiger partial charge in [-0.25, -0.2) is 0 Å². The first-order valence-corrected chi connectivity index (χ1v) is 7.10. The van der Waals surface area contributed by atoms with Gasteiger partial charge in [0.1, 0.15) is 0 Å². The van der Waals surface area contributed by atoms with Crippen molar-refractivity contribution in [2.75, 3.05) is 27.2 Å². The van der Waals surface area contributed by atoms with Gasteiger partial charge in [-0.1, -0.05) is 23.7 Å². The molecule has 22 heavy (non-hydrogen) atoms. The largest absolute Gasteiger partial charge is 0.481 e. The van der Waals surface area contributed by atoms with Crippen LogP contribution >= 0.6 is 24.0 Å². The predicted octanol–water partition coefficient (Wildman–Crippen LogP) is 2.69. The molecule has 0 saturated carbocycles. The second kappa shape index (κ2) is 9.66. The molecule has 0 bridgehead atoms. The van der Waals surface area contributed by atoms with Crippen molar-refractivity contribution in [2.24, 2.45) is 0 Å². The Hall–Kier alpha value is -1.30. The van der Waals surface area contributed by atoms with Crippen molar-refractivity contribution in [3.05, 3.63) is 34.9 Å². The highest BCUT2D eigenvalue weighted by atomic mass is 35.5. The Bertz CT molecular complexity index is 494. The number of carbonyl (C=O) groups excluding carboxylic acids is 1. The highest BCUT2D eigenvalue weighted by molar-refractivity contribution is 6.30. The molecule has 0 spiro atoms. The molecule has 0 saturated heterocycles. The van der Waals surface area contributed by atoms with Crippen molar-refractivity contribution >= 4 is 35.9 Å². The summed E-state index contributed by atoms with van der Waals surface area (Å²) in [7, 11) is 3.48. The molecule has 0 aliphatic rings. The summed E-state index contributed by atoms with van der Waals surface area (Å²) in [6, 6.07) is 7.31. The van der Waals surface area contributed by atoms with Crippen LogP contribution in [0.5, 0.6) is 0 Å². The fourth-order valence-electron chi connectivity index (χ4n) is 1.89. The van der Waals surface area contributed by atoms with Crippen LogP contribution in [0.25, 0.3) is 0 Å². The van der Waals surface area contributed by atoms with Gasteiger partial charge >= 0.3 is 5.97 Å². The fraction of sp³-hybridized carbons (Fsp3) is 0.467. The molecule has 0 fully saturated rings. The van der Waals surface area contributed by atoms with Crippen molar-refractivity contribution in [1.29, 1.82) is 0 Å². The third-order valence-corrected chi connectivity index (χ3v) is 3.69. The molecule has 1 rings (SSSR count). The summed E-state index contributed by atoms with van der Waals surface area (Å²) >= 11 is 5.85. The van der Waals surface area contributed by atoms with Crippen molar-refractivity contribution in [3.63, 3.8) is 0 Å². The Balaban J connectivity index is 0.00000441. The fourth-order valence-corrected chi connectivity index (χ4v) is 2.01. The smallest absolute Gasteiger partial charge is 0.304 e. The van der Waals surface area contributed by atoms with E-state index in [-0.39, 0.29) is 37.3 Å². The van der Waals surface area contributed by atoms with Crippen LogP contribution in [0.3, 0.4) is 0 Å². The number of carbonyl (C=O) groups is 2. The molecule has 1 aromatic carbocycles. The van der Waals surface area contributed by atoms with E-state index >= 15 is 0 Å². The van der Waals surface area contributed by atoms with Crippen molar-refractivity contribution in [2.45, 2.75) is 19.4 Å². The molecular weight excluding hydrogens is 327 g/mol. The first kappa shape index (κ1) is 20.7. The Morgan fingerprint density at radius 2 is 1.77 bits per heavy atom. The lowest BCUT2D eigenvalue weighted by Gasteiger charge is -2.27. The summed E-state index contributed by atoms with van der Waals surface area (Å²) in [5.41, 5.74) is 1.00. The van der Waals surface area contributed by atoms with Gasteiger partial charge in [-0.15, -0.1) is 12.4 Å². The van der Waals surface area contributed by atoms with Gasteiger partial charge in [0.15, 0.2) is 0 Å². The average molecular weight is 349 g/mol. The number of rotatable bonds is 7. The maximum absolute atomic E-state index is 12.2. The van der Waals surface area contributed by atoms with Gasteiger partial charge in [0, 0.05) is 18.6 Å². The molecule has 0 heterocycles. The maximum Gasteiger partial charge on any atom is 0.304 e. The standard InChI is InChI=1S/C15H21ClN2O3.ClH/c1-11(12-4-6-13(16)7-5-12)18(3)14(19)10-17(2)9-8-15(20)21;/h4-7,11H,8-10H2,1-3H3,(H,20,21);1H. The molecule has 0 aromatic heterocycles. The topological polar surface area (TPSA) is 60.9 Å². The van der Waals surface area contributed by atoms with E-state index in [1.54, 1.807) is 36.0 Å². The van der Waals surface area contributed by atoms with Gasteiger partial charge < -0.3 is 10.0 Å². The summed E-state index contributed by atoms with van der Waals surface area (Å²) in [6.45, 7) is 2.49.